The Morgan fingerprint density at radius 2 is 2.22 bits per heavy atom. The van der Waals surface area contributed by atoms with Gasteiger partial charge in [-0.15, -0.1) is 0 Å². The van der Waals surface area contributed by atoms with E-state index in [9.17, 15) is 0 Å². The van der Waals surface area contributed by atoms with Gasteiger partial charge in [0.25, 0.3) is 0 Å². The van der Waals surface area contributed by atoms with Crippen molar-refractivity contribution in [2.45, 2.75) is 45.7 Å². The van der Waals surface area contributed by atoms with Crippen LogP contribution in [0.4, 0.5) is 5.82 Å². The van der Waals surface area contributed by atoms with Crippen molar-refractivity contribution in [2.75, 3.05) is 11.4 Å². The number of hydrogen-bond acceptors (Lipinski definition) is 3. The van der Waals surface area contributed by atoms with E-state index in [0.717, 1.165) is 17.9 Å². The molecule has 100 valence electrons. The third-order valence-electron chi connectivity index (χ3n) is 3.37. The molecule has 1 saturated carbocycles. The van der Waals surface area contributed by atoms with E-state index < -0.39 is 0 Å². The van der Waals surface area contributed by atoms with Crippen LogP contribution in [0.25, 0.3) is 0 Å². The summed E-state index contributed by atoms with van der Waals surface area (Å²) in [5.41, 5.74) is 6.69. The first-order chi connectivity index (χ1) is 8.61. The van der Waals surface area contributed by atoms with E-state index in [1.807, 2.05) is 6.07 Å². The van der Waals surface area contributed by atoms with E-state index in [1.54, 1.807) is 6.20 Å². The Labute approximate surface area is 114 Å². The highest BCUT2D eigenvalue weighted by molar-refractivity contribution is 6.31. The molecule has 0 aliphatic heterocycles. The van der Waals surface area contributed by atoms with Gasteiger partial charge in [0.05, 0.1) is 5.02 Å². The van der Waals surface area contributed by atoms with Crippen LogP contribution in [0.3, 0.4) is 0 Å². The zero-order valence-electron chi connectivity index (χ0n) is 11.2. The predicted molar refractivity (Wildman–Crippen MR) is 77.0 cm³/mol. The quantitative estimate of drug-likeness (QED) is 0.861. The van der Waals surface area contributed by atoms with Gasteiger partial charge in [0.15, 0.2) is 0 Å². The lowest BCUT2D eigenvalue weighted by Crippen LogP contribution is -2.28. The van der Waals surface area contributed by atoms with E-state index in [2.05, 4.69) is 23.7 Å². The van der Waals surface area contributed by atoms with Crippen LogP contribution in [0.5, 0.6) is 0 Å². The number of rotatable bonds is 6. The van der Waals surface area contributed by atoms with Crippen molar-refractivity contribution in [3.63, 3.8) is 0 Å². The average Bonchev–Trinajstić information content (AvgIpc) is 3.15. The van der Waals surface area contributed by atoms with Crippen LogP contribution in [-0.4, -0.2) is 17.6 Å². The van der Waals surface area contributed by atoms with E-state index in [0.29, 0.717) is 23.5 Å². The maximum absolute atomic E-state index is 6.06. The summed E-state index contributed by atoms with van der Waals surface area (Å²) in [6.07, 6.45) is 5.48. The number of nitrogens with two attached hydrogens (primary N) is 1. The van der Waals surface area contributed by atoms with Crippen LogP contribution in [0.2, 0.25) is 5.02 Å². The molecular formula is C14H22ClN3. The molecule has 0 unspecified atom stereocenters. The third-order valence-corrected chi connectivity index (χ3v) is 3.71. The second-order valence-electron chi connectivity index (χ2n) is 5.45. The Balaban J connectivity index is 2.14. The molecule has 0 saturated heterocycles. The van der Waals surface area contributed by atoms with Crippen LogP contribution in [0, 0.1) is 5.92 Å². The fraction of sp³-hybridized carbons (Fsp3) is 0.643. The molecule has 1 aliphatic rings. The SMILES string of the molecule is CC(C)CCN(c1cc(CN)c(Cl)cn1)C1CC1. The summed E-state index contributed by atoms with van der Waals surface area (Å²) < 4.78 is 0. The van der Waals surface area contributed by atoms with Gasteiger partial charge in [-0.3, -0.25) is 0 Å². The fourth-order valence-corrected chi connectivity index (χ4v) is 2.23. The number of halogens is 1. The first kappa shape index (κ1) is 13.6. The van der Waals surface area contributed by atoms with Gasteiger partial charge in [0.2, 0.25) is 0 Å². The lowest BCUT2D eigenvalue weighted by molar-refractivity contribution is 0.568. The lowest BCUT2D eigenvalue weighted by atomic mass is 10.1. The fourth-order valence-electron chi connectivity index (χ4n) is 2.05. The summed E-state index contributed by atoms with van der Waals surface area (Å²) in [7, 11) is 0. The molecule has 18 heavy (non-hydrogen) atoms. The van der Waals surface area contributed by atoms with Crippen molar-refractivity contribution in [1.29, 1.82) is 0 Å². The highest BCUT2D eigenvalue weighted by Gasteiger charge is 2.30. The number of hydrogen-bond donors (Lipinski definition) is 1. The van der Waals surface area contributed by atoms with Gasteiger partial charge in [0, 0.05) is 25.3 Å². The van der Waals surface area contributed by atoms with Crippen molar-refractivity contribution in [1.82, 2.24) is 4.98 Å². The number of anilines is 1. The molecule has 0 spiro atoms. The van der Waals surface area contributed by atoms with Crippen LogP contribution in [0.1, 0.15) is 38.7 Å². The molecule has 1 heterocycles. The third kappa shape index (κ3) is 3.36. The Hall–Kier alpha value is -0.800. The molecule has 1 aromatic heterocycles. The zero-order valence-corrected chi connectivity index (χ0v) is 12.0. The van der Waals surface area contributed by atoms with Crippen molar-refractivity contribution >= 4 is 17.4 Å². The summed E-state index contributed by atoms with van der Waals surface area (Å²) in [6.45, 7) is 6.05. The van der Waals surface area contributed by atoms with Gasteiger partial charge in [0.1, 0.15) is 5.82 Å². The molecule has 1 aliphatic carbocycles. The summed E-state index contributed by atoms with van der Waals surface area (Å²) in [6, 6.07) is 2.71. The van der Waals surface area contributed by atoms with Gasteiger partial charge in [-0.25, -0.2) is 4.98 Å². The van der Waals surface area contributed by atoms with E-state index in [1.165, 1.54) is 19.3 Å². The minimum atomic E-state index is 0.469. The molecule has 0 atom stereocenters. The second-order valence-corrected chi connectivity index (χ2v) is 5.85. The summed E-state index contributed by atoms with van der Waals surface area (Å²) in [5.74, 6) is 1.75. The molecular weight excluding hydrogens is 246 g/mol. The molecule has 1 fully saturated rings. The molecule has 0 bridgehead atoms. The number of nitrogens with zero attached hydrogens (tertiary/aromatic N) is 2. The predicted octanol–water partition coefficient (Wildman–Crippen LogP) is 3.21. The van der Waals surface area contributed by atoms with Crippen molar-refractivity contribution in [3.05, 3.63) is 22.8 Å². The molecule has 3 nitrogen and oxygen atoms in total. The second kappa shape index (κ2) is 5.89. The zero-order chi connectivity index (χ0) is 13.1. The molecule has 2 N–H and O–H groups in total. The van der Waals surface area contributed by atoms with Gasteiger partial charge in [-0.2, -0.15) is 0 Å². The van der Waals surface area contributed by atoms with Gasteiger partial charge in [-0.05, 0) is 36.8 Å². The molecule has 0 radical (unpaired) electrons. The maximum Gasteiger partial charge on any atom is 0.129 e. The Bertz CT molecular complexity index is 402. The lowest BCUT2D eigenvalue weighted by Gasteiger charge is -2.25. The summed E-state index contributed by atoms with van der Waals surface area (Å²) in [4.78, 5) is 6.88. The molecule has 1 aromatic rings. The highest BCUT2D eigenvalue weighted by Crippen LogP contribution is 2.32. The molecule has 4 heteroatoms. The van der Waals surface area contributed by atoms with Crippen molar-refractivity contribution in [3.8, 4) is 0 Å². The molecule has 0 aromatic carbocycles. The monoisotopic (exact) mass is 267 g/mol. The van der Waals surface area contributed by atoms with Crippen molar-refractivity contribution < 1.29 is 0 Å². The summed E-state index contributed by atoms with van der Waals surface area (Å²) >= 11 is 6.06. The van der Waals surface area contributed by atoms with Crippen LogP contribution in [0.15, 0.2) is 12.3 Å². The highest BCUT2D eigenvalue weighted by atomic mass is 35.5. The molecule has 0 amide bonds. The largest absolute Gasteiger partial charge is 0.354 e. The van der Waals surface area contributed by atoms with Crippen molar-refractivity contribution in [2.24, 2.45) is 11.7 Å². The van der Waals surface area contributed by atoms with Crippen LogP contribution < -0.4 is 10.6 Å². The minimum absolute atomic E-state index is 0.469. The number of aromatic nitrogens is 1. The van der Waals surface area contributed by atoms with Crippen LogP contribution >= 0.6 is 11.6 Å². The van der Waals surface area contributed by atoms with Crippen LogP contribution in [-0.2, 0) is 6.54 Å². The first-order valence-electron chi connectivity index (χ1n) is 6.73. The molecule has 2 rings (SSSR count). The average molecular weight is 268 g/mol. The number of pyridine rings is 1. The van der Waals surface area contributed by atoms with E-state index in [4.69, 9.17) is 17.3 Å². The Kier molecular flexibility index (Phi) is 4.46. The Morgan fingerprint density at radius 3 is 2.78 bits per heavy atom. The van der Waals surface area contributed by atoms with Gasteiger partial charge < -0.3 is 10.6 Å². The normalized spacial score (nSPS) is 15.2. The van der Waals surface area contributed by atoms with Gasteiger partial charge >= 0.3 is 0 Å². The Morgan fingerprint density at radius 1 is 1.50 bits per heavy atom. The van der Waals surface area contributed by atoms with E-state index >= 15 is 0 Å². The topological polar surface area (TPSA) is 42.1 Å². The first-order valence-corrected chi connectivity index (χ1v) is 7.10. The summed E-state index contributed by atoms with van der Waals surface area (Å²) in [5, 5.41) is 0.667. The minimum Gasteiger partial charge on any atom is -0.354 e. The van der Waals surface area contributed by atoms with E-state index in [-0.39, 0.29) is 0 Å². The smallest absolute Gasteiger partial charge is 0.129 e. The maximum atomic E-state index is 6.06. The van der Waals surface area contributed by atoms with Gasteiger partial charge in [-0.1, -0.05) is 25.4 Å². The standard InChI is InChI=1S/C14H22ClN3/c1-10(2)5-6-18(12-3-4-12)14-7-11(8-16)13(15)9-17-14/h7,9-10,12H,3-6,8,16H2,1-2H3.